The minimum atomic E-state index is 0.270. The summed E-state index contributed by atoms with van der Waals surface area (Å²) in [4.78, 5) is 0. The minimum Gasteiger partial charge on any atom is -0.495 e. The van der Waals surface area contributed by atoms with Crippen molar-refractivity contribution in [1.82, 2.24) is 5.32 Å². The van der Waals surface area contributed by atoms with Gasteiger partial charge in [0, 0.05) is 17.5 Å². The van der Waals surface area contributed by atoms with Gasteiger partial charge >= 0.3 is 0 Å². The average Bonchev–Trinajstić information content (AvgIpc) is 2.64. The van der Waals surface area contributed by atoms with Gasteiger partial charge in [0.05, 0.1) is 17.9 Å². The molecule has 0 aromatic rings. The van der Waals surface area contributed by atoms with Crippen LogP contribution >= 0.6 is 0 Å². The lowest BCUT2D eigenvalue weighted by atomic mass is 9.97. The maximum absolute atomic E-state index is 8.83. The average molecular weight is 369 g/mol. The second kappa shape index (κ2) is 14.7. The molecule has 148 valence electrons. The normalized spacial score (nSPS) is 14.8. The van der Waals surface area contributed by atoms with Crippen LogP contribution in [0.15, 0.2) is 72.3 Å². The predicted octanol–water partition coefficient (Wildman–Crippen LogP) is 6.71. The van der Waals surface area contributed by atoms with Crippen LogP contribution < -0.4 is 5.32 Å². The van der Waals surface area contributed by atoms with E-state index in [-0.39, 0.29) is 12.0 Å². The Kier molecular flexibility index (Phi) is 13.3. The van der Waals surface area contributed by atoms with Crippen molar-refractivity contribution < 1.29 is 4.74 Å². The zero-order valence-electron chi connectivity index (χ0n) is 17.7. The summed E-state index contributed by atoms with van der Waals surface area (Å²) >= 11 is 0. The van der Waals surface area contributed by atoms with Crippen molar-refractivity contribution in [3.05, 3.63) is 72.3 Å². The lowest BCUT2D eigenvalue weighted by Gasteiger charge is -2.19. The van der Waals surface area contributed by atoms with E-state index in [4.69, 9.17) is 10.00 Å². The van der Waals surface area contributed by atoms with Crippen LogP contribution in [0.1, 0.15) is 60.3 Å². The first-order chi connectivity index (χ1) is 12.9. The van der Waals surface area contributed by atoms with Gasteiger partial charge in [0.25, 0.3) is 0 Å². The third-order valence-electron chi connectivity index (χ3n) is 4.20. The van der Waals surface area contributed by atoms with Crippen LogP contribution in [0.2, 0.25) is 0 Å². The zero-order chi connectivity index (χ0) is 20.7. The minimum absolute atomic E-state index is 0.270. The van der Waals surface area contributed by atoms with E-state index in [1.165, 1.54) is 0 Å². The van der Waals surface area contributed by atoms with Gasteiger partial charge in [0.1, 0.15) is 0 Å². The summed E-state index contributed by atoms with van der Waals surface area (Å²) in [7, 11) is 0. The summed E-state index contributed by atoms with van der Waals surface area (Å²) < 4.78 is 6.01. The number of nitrogens with zero attached hydrogens (tertiary/aromatic N) is 1. The Morgan fingerprint density at radius 1 is 1.26 bits per heavy atom. The van der Waals surface area contributed by atoms with Crippen molar-refractivity contribution in [2.75, 3.05) is 0 Å². The summed E-state index contributed by atoms with van der Waals surface area (Å²) in [6, 6.07) is 2.10. The van der Waals surface area contributed by atoms with E-state index in [0.717, 1.165) is 42.7 Å². The Morgan fingerprint density at radius 2 is 1.96 bits per heavy atom. The SMILES string of the molecule is C=C(CC(C)C(=C)/C=C(\C)OC(CC)CCC)N/C=C/C=C\C(C#N)=C/C. The third-order valence-corrected chi connectivity index (χ3v) is 4.20. The molecule has 0 aliphatic carbocycles. The summed E-state index contributed by atoms with van der Waals surface area (Å²) in [6.45, 7) is 18.6. The Bertz CT molecular complexity index is 629. The zero-order valence-corrected chi connectivity index (χ0v) is 17.7. The first-order valence-electron chi connectivity index (χ1n) is 9.75. The third kappa shape index (κ3) is 11.7. The molecule has 2 unspecified atom stereocenters. The van der Waals surface area contributed by atoms with Gasteiger partial charge in [-0.2, -0.15) is 5.26 Å². The molecule has 1 N–H and O–H groups in total. The van der Waals surface area contributed by atoms with Crippen LogP contribution in [0, 0.1) is 17.2 Å². The summed E-state index contributed by atoms with van der Waals surface area (Å²) in [6.07, 6.45) is 15.4. The lowest BCUT2D eigenvalue weighted by Crippen LogP contribution is -2.11. The second-order valence-corrected chi connectivity index (χ2v) is 6.69. The smallest absolute Gasteiger partial charge is 0.0988 e. The van der Waals surface area contributed by atoms with Crippen molar-refractivity contribution in [3.63, 3.8) is 0 Å². The van der Waals surface area contributed by atoms with E-state index >= 15 is 0 Å². The van der Waals surface area contributed by atoms with Gasteiger partial charge in [-0.05, 0) is 62.8 Å². The van der Waals surface area contributed by atoms with Gasteiger partial charge in [-0.25, -0.2) is 0 Å². The van der Waals surface area contributed by atoms with E-state index in [1.807, 2.05) is 38.3 Å². The van der Waals surface area contributed by atoms with Crippen molar-refractivity contribution in [1.29, 1.82) is 5.26 Å². The highest BCUT2D eigenvalue weighted by molar-refractivity contribution is 5.33. The van der Waals surface area contributed by atoms with Crippen molar-refractivity contribution >= 4 is 0 Å². The van der Waals surface area contributed by atoms with E-state index in [1.54, 1.807) is 12.2 Å². The number of hydrogen-bond donors (Lipinski definition) is 1. The fraction of sp³-hybridized carbons (Fsp3) is 0.458. The number of ether oxygens (including phenoxy) is 1. The molecule has 3 heteroatoms. The van der Waals surface area contributed by atoms with E-state index < -0.39 is 0 Å². The highest BCUT2D eigenvalue weighted by Crippen LogP contribution is 2.20. The molecule has 0 aliphatic rings. The number of hydrogen-bond acceptors (Lipinski definition) is 3. The molecule has 0 heterocycles. The molecule has 0 amide bonds. The second-order valence-electron chi connectivity index (χ2n) is 6.69. The Morgan fingerprint density at radius 3 is 2.52 bits per heavy atom. The van der Waals surface area contributed by atoms with Gasteiger partial charge in [0.15, 0.2) is 0 Å². The first-order valence-corrected chi connectivity index (χ1v) is 9.75. The molecular weight excluding hydrogens is 332 g/mol. The monoisotopic (exact) mass is 368 g/mol. The maximum Gasteiger partial charge on any atom is 0.0988 e. The van der Waals surface area contributed by atoms with Crippen LogP contribution in [-0.2, 0) is 4.74 Å². The highest BCUT2D eigenvalue weighted by atomic mass is 16.5. The summed E-state index contributed by atoms with van der Waals surface area (Å²) in [5, 5.41) is 12.0. The van der Waals surface area contributed by atoms with E-state index in [9.17, 15) is 0 Å². The number of nitriles is 1. The standard InChI is InChI=1S/C24H36N2O/c1-8-13-24(10-3)27-22(7)17-20(5)19(4)16-21(6)26-15-12-11-14-23(9-2)18-25/h9,11-12,14-15,17,19,24,26H,5-6,8,10,13,16H2,1-4,7H3/b14-11-,15-12+,22-17+,23-9+. The van der Waals surface area contributed by atoms with E-state index in [2.05, 4.69) is 45.3 Å². The molecule has 0 rings (SSSR count). The van der Waals surface area contributed by atoms with Gasteiger partial charge in [-0.15, -0.1) is 0 Å². The number of allylic oxidation sites excluding steroid dienone is 9. The summed E-state index contributed by atoms with van der Waals surface area (Å²) in [5.74, 6) is 1.19. The highest BCUT2D eigenvalue weighted by Gasteiger charge is 2.09. The van der Waals surface area contributed by atoms with Gasteiger partial charge < -0.3 is 10.1 Å². The van der Waals surface area contributed by atoms with Crippen molar-refractivity contribution in [2.24, 2.45) is 5.92 Å². The van der Waals surface area contributed by atoms with Gasteiger partial charge in [0.2, 0.25) is 0 Å². The molecular formula is C24H36N2O. The molecule has 0 aromatic heterocycles. The molecule has 2 atom stereocenters. The predicted molar refractivity (Wildman–Crippen MR) is 117 cm³/mol. The molecule has 3 nitrogen and oxygen atoms in total. The number of rotatable bonds is 13. The van der Waals surface area contributed by atoms with Crippen LogP contribution in [0.4, 0.5) is 0 Å². The molecule has 0 bridgehead atoms. The maximum atomic E-state index is 8.83. The quantitative estimate of drug-likeness (QED) is 0.223. The van der Waals surface area contributed by atoms with Crippen LogP contribution in [0.3, 0.4) is 0 Å². The summed E-state index contributed by atoms with van der Waals surface area (Å²) in [5.41, 5.74) is 2.60. The molecule has 0 saturated heterocycles. The van der Waals surface area contributed by atoms with Gasteiger partial charge in [-0.3, -0.25) is 0 Å². The van der Waals surface area contributed by atoms with Crippen LogP contribution in [-0.4, -0.2) is 6.10 Å². The largest absolute Gasteiger partial charge is 0.495 e. The van der Waals surface area contributed by atoms with Crippen LogP contribution in [0.25, 0.3) is 0 Å². The molecule has 0 radical (unpaired) electrons. The fourth-order valence-electron chi connectivity index (χ4n) is 2.51. The molecule has 0 fully saturated rings. The Balaban J connectivity index is 4.47. The Hall–Kier alpha value is -2.47. The molecule has 0 saturated carbocycles. The van der Waals surface area contributed by atoms with Gasteiger partial charge in [-0.1, -0.05) is 52.5 Å². The molecule has 27 heavy (non-hydrogen) atoms. The molecule has 0 aliphatic heterocycles. The van der Waals surface area contributed by atoms with E-state index in [0.29, 0.717) is 5.57 Å². The molecule has 0 aromatic carbocycles. The van der Waals surface area contributed by atoms with Crippen molar-refractivity contribution in [3.8, 4) is 6.07 Å². The fourth-order valence-corrected chi connectivity index (χ4v) is 2.51. The van der Waals surface area contributed by atoms with Crippen LogP contribution in [0.5, 0.6) is 0 Å². The first kappa shape index (κ1) is 24.5. The Labute approximate surface area is 166 Å². The molecule has 0 spiro atoms. The van der Waals surface area contributed by atoms with Crippen molar-refractivity contribution in [2.45, 2.75) is 66.4 Å². The topological polar surface area (TPSA) is 45.0 Å². The number of nitrogens with one attached hydrogen (secondary N) is 1. The lowest BCUT2D eigenvalue weighted by molar-refractivity contribution is 0.105.